The number of aryl methyl sites for hydroxylation is 1. The second-order valence-electron chi connectivity index (χ2n) is 5.52. The van der Waals surface area contributed by atoms with Gasteiger partial charge in [-0.15, -0.1) is 0 Å². The van der Waals surface area contributed by atoms with E-state index >= 15 is 0 Å². The Morgan fingerprint density at radius 1 is 1.52 bits per heavy atom. The molecule has 1 fully saturated rings. The summed E-state index contributed by atoms with van der Waals surface area (Å²) in [7, 11) is 0. The van der Waals surface area contributed by atoms with Crippen LogP contribution in [0, 0.1) is 18.8 Å². The van der Waals surface area contributed by atoms with E-state index in [9.17, 15) is 9.59 Å². The minimum Gasteiger partial charge on any atom is -0.481 e. The molecule has 7 heteroatoms. The first-order chi connectivity index (χ1) is 9.97. The summed E-state index contributed by atoms with van der Waals surface area (Å²) in [6.45, 7) is 3.94. The van der Waals surface area contributed by atoms with Crippen molar-refractivity contribution in [2.24, 2.45) is 11.8 Å². The molecule has 0 aromatic carbocycles. The second kappa shape index (κ2) is 6.60. The third kappa shape index (κ3) is 3.96. The number of aromatic nitrogens is 1. The van der Waals surface area contributed by atoms with Gasteiger partial charge in [0, 0.05) is 6.54 Å². The molecule has 1 saturated carbocycles. The van der Waals surface area contributed by atoms with E-state index in [1.54, 1.807) is 20.0 Å². The Bertz CT molecular complexity index is 514. The summed E-state index contributed by atoms with van der Waals surface area (Å²) in [6.07, 6.45) is 4.03. The predicted molar refractivity (Wildman–Crippen MR) is 74.7 cm³/mol. The number of carboxylic acid groups (broad SMARTS) is 1. The summed E-state index contributed by atoms with van der Waals surface area (Å²) in [6, 6.07) is -0.674. The SMILES string of the molecule is Cc1cnc(C(C)NC(=O)NCC2CCCC2C(=O)O)o1. The van der Waals surface area contributed by atoms with Crippen LogP contribution in [0.4, 0.5) is 4.79 Å². The molecule has 1 aliphatic carbocycles. The zero-order valence-corrected chi connectivity index (χ0v) is 12.3. The van der Waals surface area contributed by atoms with Gasteiger partial charge in [-0.25, -0.2) is 9.78 Å². The smallest absolute Gasteiger partial charge is 0.315 e. The largest absolute Gasteiger partial charge is 0.481 e. The number of urea groups is 1. The summed E-state index contributed by atoms with van der Waals surface area (Å²) in [5.74, 6) is 0.0224. The van der Waals surface area contributed by atoms with E-state index < -0.39 is 5.97 Å². The van der Waals surface area contributed by atoms with Gasteiger partial charge < -0.3 is 20.2 Å². The molecule has 2 rings (SSSR count). The van der Waals surface area contributed by atoms with Crippen LogP contribution in [0.5, 0.6) is 0 Å². The molecule has 2 amide bonds. The Hall–Kier alpha value is -2.05. The van der Waals surface area contributed by atoms with Crippen molar-refractivity contribution < 1.29 is 19.1 Å². The maximum absolute atomic E-state index is 11.8. The number of oxazole rings is 1. The minimum atomic E-state index is -0.775. The third-order valence-corrected chi connectivity index (χ3v) is 3.86. The monoisotopic (exact) mass is 295 g/mol. The van der Waals surface area contributed by atoms with Crippen molar-refractivity contribution in [3.8, 4) is 0 Å². The van der Waals surface area contributed by atoms with Gasteiger partial charge in [-0.05, 0) is 32.6 Å². The first-order valence-corrected chi connectivity index (χ1v) is 7.17. The van der Waals surface area contributed by atoms with Gasteiger partial charge in [0.1, 0.15) is 11.8 Å². The summed E-state index contributed by atoms with van der Waals surface area (Å²) < 4.78 is 5.34. The average molecular weight is 295 g/mol. The lowest BCUT2D eigenvalue weighted by Gasteiger charge is -2.17. The van der Waals surface area contributed by atoms with Crippen LogP contribution in [-0.4, -0.2) is 28.6 Å². The van der Waals surface area contributed by atoms with Gasteiger partial charge in [0.2, 0.25) is 5.89 Å². The maximum atomic E-state index is 11.8. The van der Waals surface area contributed by atoms with Crippen LogP contribution in [0.15, 0.2) is 10.6 Å². The Morgan fingerprint density at radius 2 is 2.29 bits per heavy atom. The Morgan fingerprint density at radius 3 is 2.90 bits per heavy atom. The molecule has 0 bridgehead atoms. The van der Waals surface area contributed by atoms with Crippen LogP contribution in [0.25, 0.3) is 0 Å². The highest BCUT2D eigenvalue weighted by atomic mass is 16.4. The fourth-order valence-corrected chi connectivity index (χ4v) is 2.71. The number of carbonyl (C=O) groups is 2. The molecule has 3 atom stereocenters. The molecule has 1 aromatic rings. The molecular weight excluding hydrogens is 274 g/mol. The zero-order chi connectivity index (χ0) is 15.4. The highest BCUT2D eigenvalue weighted by Crippen LogP contribution is 2.31. The van der Waals surface area contributed by atoms with Gasteiger partial charge in [-0.3, -0.25) is 4.79 Å². The van der Waals surface area contributed by atoms with Crippen molar-refractivity contribution in [1.29, 1.82) is 0 Å². The van der Waals surface area contributed by atoms with Crippen LogP contribution in [0.3, 0.4) is 0 Å². The van der Waals surface area contributed by atoms with E-state index in [0.717, 1.165) is 12.8 Å². The number of carboxylic acids is 1. The number of hydrogen-bond donors (Lipinski definition) is 3. The lowest BCUT2D eigenvalue weighted by molar-refractivity contribution is -0.142. The quantitative estimate of drug-likeness (QED) is 0.769. The molecule has 0 aliphatic heterocycles. The molecule has 0 saturated heterocycles. The Balaban J connectivity index is 1.78. The zero-order valence-electron chi connectivity index (χ0n) is 12.3. The minimum absolute atomic E-state index is 0.00698. The van der Waals surface area contributed by atoms with Gasteiger partial charge in [-0.1, -0.05) is 6.42 Å². The summed E-state index contributed by atoms with van der Waals surface area (Å²) in [4.78, 5) is 27.0. The molecule has 116 valence electrons. The average Bonchev–Trinajstić information content (AvgIpc) is 3.04. The highest BCUT2D eigenvalue weighted by molar-refractivity contribution is 5.74. The molecule has 3 N–H and O–H groups in total. The predicted octanol–water partition coefficient (Wildman–Crippen LogP) is 1.84. The molecule has 1 aromatic heterocycles. The molecule has 0 radical (unpaired) electrons. The number of nitrogens with zero attached hydrogens (tertiary/aromatic N) is 1. The van der Waals surface area contributed by atoms with Gasteiger partial charge in [0.15, 0.2) is 0 Å². The lowest BCUT2D eigenvalue weighted by atomic mass is 9.96. The van der Waals surface area contributed by atoms with Crippen molar-refractivity contribution in [2.45, 2.75) is 39.2 Å². The first kappa shape index (κ1) is 15.3. The van der Waals surface area contributed by atoms with Gasteiger partial charge >= 0.3 is 12.0 Å². The number of aliphatic carboxylic acids is 1. The summed E-state index contributed by atoms with van der Waals surface area (Å²) >= 11 is 0. The topological polar surface area (TPSA) is 104 Å². The number of hydrogen-bond acceptors (Lipinski definition) is 4. The molecule has 21 heavy (non-hydrogen) atoms. The van der Waals surface area contributed by atoms with E-state index in [1.165, 1.54) is 0 Å². The molecule has 1 aliphatic rings. The fraction of sp³-hybridized carbons (Fsp3) is 0.643. The second-order valence-corrected chi connectivity index (χ2v) is 5.52. The normalized spacial score (nSPS) is 22.8. The maximum Gasteiger partial charge on any atom is 0.315 e. The van der Waals surface area contributed by atoms with Crippen molar-refractivity contribution >= 4 is 12.0 Å². The van der Waals surface area contributed by atoms with Crippen molar-refractivity contribution in [1.82, 2.24) is 15.6 Å². The summed E-state index contributed by atoms with van der Waals surface area (Å²) in [5, 5.41) is 14.6. The van der Waals surface area contributed by atoms with Crippen LogP contribution in [-0.2, 0) is 4.79 Å². The fourth-order valence-electron chi connectivity index (χ4n) is 2.71. The van der Waals surface area contributed by atoms with E-state index in [1.807, 2.05) is 0 Å². The van der Waals surface area contributed by atoms with Crippen molar-refractivity contribution in [3.05, 3.63) is 17.8 Å². The van der Waals surface area contributed by atoms with Crippen molar-refractivity contribution in [2.75, 3.05) is 6.54 Å². The number of amides is 2. The van der Waals surface area contributed by atoms with E-state index in [2.05, 4.69) is 15.6 Å². The van der Waals surface area contributed by atoms with Crippen molar-refractivity contribution in [3.63, 3.8) is 0 Å². The molecule has 1 heterocycles. The van der Waals surface area contributed by atoms with E-state index in [-0.39, 0.29) is 23.9 Å². The van der Waals surface area contributed by atoms with Gasteiger partial charge in [-0.2, -0.15) is 0 Å². The molecule has 3 unspecified atom stereocenters. The van der Waals surface area contributed by atoms with E-state index in [0.29, 0.717) is 24.6 Å². The van der Waals surface area contributed by atoms with Crippen LogP contribution >= 0.6 is 0 Å². The number of carbonyl (C=O) groups excluding carboxylic acids is 1. The lowest BCUT2D eigenvalue weighted by Crippen LogP contribution is -2.40. The molecular formula is C14H21N3O4. The van der Waals surface area contributed by atoms with Crippen LogP contribution in [0.1, 0.15) is 43.9 Å². The van der Waals surface area contributed by atoms with E-state index in [4.69, 9.17) is 9.52 Å². The molecule has 7 nitrogen and oxygen atoms in total. The Kier molecular flexibility index (Phi) is 4.82. The first-order valence-electron chi connectivity index (χ1n) is 7.17. The third-order valence-electron chi connectivity index (χ3n) is 3.86. The van der Waals surface area contributed by atoms with Gasteiger partial charge in [0.25, 0.3) is 0 Å². The highest BCUT2D eigenvalue weighted by Gasteiger charge is 2.32. The Labute approximate surface area is 123 Å². The standard InChI is InChI=1S/C14H21N3O4/c1-8-6-15-12(21-8)9(2)17-14(20)16-7-10-4-3-5-11(10)13(18)19/h6,9-11H,3-5,7H2,1-2H3,(H,18,19)(H2,16,17,20). The number of nitrogens with one attached hydrogen (secondary N) is 2. The van der Waals surface area contributed by atoms with Crippen LogP contribution < -0.4 is 10.6 Å². The van der Waals surface area contributed by atoms with Crippen LogP contribution in [0.2, 0.25) is 0 Å². The number of rotatable bonds is 5. The van der Waals surface area contributed by atoms with Gasteiger partial charge in [0.05, 0.1) is 12.1 Å². The summed E-state index contributed by atoms with van der Waals surface area (Å²) in [5.41, 5.74) is 0. The molecule has 0 spiro atoms.